The second-order valence-corrected chi connectivity index (χ2v) is 7.32. The molecular weight excluding hydrogens is 439 g/mol. The molecule has 1 amide bonds. The molecule has 29 heavy (non-hydrogen) atoms. The van der Waals surface area contributed by atoms with Crippen LogP contribution in [0.1, 0.15) is 31.9 Å². The molecule has 0 aliphatic carbocycles. The number of carbonyl (C=O) groups is 1. The van der Waals surface area contributed by atoms with Crippen molar-refractivity contribution >= 4 is 27.9 Å². The summed E-state index contributed by atoms with van der Waals surface area (Å²) in [5, 5.41) is 12.0. The third kappa shape index (κ3) is 6.61. The molecule has 1 N–H and O–H groups in total. The van der Waals surface area contributed by atoms with E-state index in [1.807, 2.05) is 26.8 Å². The molecule has 0 aliphatic heterocycles. The minimum absolute atomic E-state index is 0.0122. The van der Waals surface area contributed by atoms with Gasteiger partial charge >= 0.3 is 0 Å². The molecule has 0 spiro atoms. The molecule has 0 bridgehead atoms. The second kappa shape index (κ2) is 10.6. The zero-order valence-electron chi connectivity index (χ0n) is 16.5. The number of benzene rings is 2. The minimum atomic E-state index is -0.441. The maximum absolute atomic E-state index is 13.0. The largest absolute Gasteiger partial charge is 0.490 e. The summed E-state index contributed by atoms with van der Waals surface area (Å²) in [6.07, 6.45) is 1.49. The molecule has 152 valence electrons. The summed E-state index contributed by atoms with van der Waals surface area (Å²) in [7, 11) is 0. The van der Waals surface area contributed by atoms with Gasteiger partial charge in [0, 0.05) is 10.5 Å². The topological polar surface area (TPSA) is 71.3 Å². The van der Waals surface area contributed by atoms with Gasteiger partial charge in [0.25, 0.3) is 5.91 Å². The Hall–Kier alpha value is -2.85. The van der Waals surface area contributed by atoms with Crippen LogP contribution in [0.4, 0.5) is 4.39 Å². The number of nitrogens with zero attached hydrogens (tertiary/aromatic N) is 1. The lowest BCUT2D eigenvalue weighted by atomic mass is 10.1. The van der Waals surface area contributed by atoms with Crippen LogP contribution in [0.15, 0.2) is 46.4 Å². The Morgan fingerprint density at radius 1 is 1.24 bits per heavy atom. The number of halogens is 2. The molecule has 2 aromatic carbocycles. The SMILES string of the molecule is CCOc1cc(/C=C(/C#N)C(=O)NC(C)C)c(Br)cc1OCc1ccc(F)cc1. The first-order valence-electron chi connectivity index (χ1n) is 9.10. The minimum Gasteiger partial charge on any atom is -0.490 e. The summed E-state index contributed by atoms with van der Waals surface area (Å²) < 4.78 is 25.2. The first-order valence-corrected chi connectivity index (χ1v) is 9.89. The quantitative estimate of drug-likeness (QED) is 0.444. The Kier molecular flexibility index (Phi) is 8.22. The number of nitriles is 1. The first kappa shape index (κ1) is 22.4. The zero-order chi connectivity index (χ0) is 21.4. The predicted octanol–water partition coefficient (Wildman–Crippen LogP) is 5.00. The number of rotatable bonds is 8. The van der Waals surface area contributed by atoms with E-state index in [2.05, 4.69) is 21.2 Å². The van der Waals surface area contributed by atoms with E-state index in [4.69, 9.17) is 9.47 Å². The Morgan fingerprint density at radius 2 is 1.90 bits per heavy atom. The lowest BCUT2D eigenvalue weighted by Gasteiger charge is -2.14. The monoisotopic (exact) mass is 460 g/mol. The lowest BCUT2D eigenvalue weighted by molar-refractivity contribution is -0.117. The molecule has 5 nitrogen and oxygen atoms in total. The van der Waals surface area contributed by atoms with E-state index < -0.39 is 5.91 Å². The van der Waals surface area contributed by atoms with Gasteiger partial charge in [-0.1, -0.05) is 28.1 Å². The molecule has 0 saturated carbocycles. The summed E-state index contributed by atoms with van der Waals surface area (Å²) in [5.41, 5.74) is 1.41. The number of ether oxygens (including phenoxy) is 2. The van der Waals surface area contributed by atoms with Crippen molar-refractivity contribution in [3.63, 3.8) is 0 Å². The van der Waals surface area contributed by atoms with Gasteiger partial charge in [0.1, 0.15) is 24.1 Å². The molecule has 0 saturated heterocycles. The van der Waals surface area contributed by atoms with E-state index in [-0.39, 0.29) is 24.0 Å². The van der Waals surface area contributed by atoms with E-state index >= 15 is 0 Å². The van der Waals surface area contributed by atoms with Crippen molar-refractivity contribution in [2.45, 2.75) is 33.4 Å². The third-order valence-electron chi connectivity index (χ3n) is 3.76. The first-order chi connectivity index (χ1) is 13.8. The van der Waals surface area contributed by atoms with Crippen LogP contribution in [0.3, 0.4) is 0 Å². The lowest BCUT2D eigenvalue weighted by Crippen LogP contribution is -2.30. The molecule has 0 atom stereocenters. The maximum atomic E-state index is 13.0. The highest BCUT2D eigenvalue weighted by atomic mass is 79.9. The molecule has 0 unspecified atom stereocenters. The summed E-state index contributed by atoms with van der Waals surface area (Å²) >= 11 is 3.46. The number of amides is 1. The summed E-state index contributed by atoms with van der Waals surface area (Å²) in [6.45, 7) is 6.14. The van der Waals surface area contributed by atoms with Gasteiger partial charge in [-0.2, -0.15) is 5.26 Å². The maximum Gasteiger partial charge on any atom is 0.262 e. The van der Waals surface area contributed by atoms with E-state index in [1.165, 1.54) is 18.2 Å². The van der Waals surface area contributed by atoms with Gasteiger partial charge in [-0.25, -0.2) is 4.39 Å². The molecule has 2 rings (SSSR count). The van der Waals surface area contributed by atoms with Crippen LogP contribution >= 0.6 is 15.9 Å². The zero-order valence-corrected chi connectivity index (χ0v) is 18.0. The third-order valence-corrected chi connectivity index (χ3v) is 4.44. The molecule has 0 radical (unpaired) electrons. The van der Waals surface area contributed by atoms with Crippen molar-refractivity contribution in [3.05, 3.63) is 63.4 Å². The summed E-state index contributed by atoms with van der Waals surface area (Å²) in [4.78, 5) is 12.2. The van der Waals surface area contributed by atoms with E-state index in [0.29, 0.717) is 28.1 Å². The Balaban J connectivity index is 2.30. The standard InChI is InChI=1S/C22H22BrFN2O3/c1-4-28-20-10-16(9-17(12-25)22(27)26-14(2)3)19(23)11-21(20)29-13-15-5-7-18(24)8-6-15/h5-11,14H,4,13H2,1-3H3,(H,26,27)/b17-9-. The normalized spacial score (nSPS) is 11.1. The van der Waals surface area contributed by atoms with Crippen LogP contribution < -0.4 is 14.8 Å². The number of nitrogens with one attached hydrogen (secondary N) is 1. The predicted molar refractivity (Wildman–Crippen MR) is 113 cm³/mol. The van der Waals surface area contributed by atoms with Crippen LogP contribution in [0.25, 0.3) is 6.08 Å². The van der Waals surface area contributed by atoms with Crippen LogP contribution in [0.5, 0.6) is 11.5 Å². The van der Waals surface area contributed by atoms with E-state index in [9.17, 15) is 14.4 Å². The molecule has 0 fully saturated rings. The molecule has 0 aliphatic rings. The molecule has 7 heteroatoms. The fourth-order valence-corrected chi connectivity index (χ4v) is 2.87. The van der Waals surface area contributed by atoms with Gasteiger partial charge in [0.05, 0.1) is 6.61 Å². The average Bonchev–Trinajstić information content (AvgIpc) is 2.67. The van der Waals surface area contributed by atoms with Crippen LogP contribution in [-0.4, -0.2) is 18.6 Å². The van der Waals surface area contributed by atoms with Gasteiger partial charge in [0.15, 0.2) is 11.5 Å². The van der Waals surface area contributed by atoms with Crippen molar-refractivity contribution in [2.75, 3.05) is 6.61 Å². The molecule has 2 aromatic rings. The van der Waals surface area contributed by atoms with Gasteiger partial charge in [-0.3, -0.25) is 4.79 Å². The second-order valence-electron chi connectivity index (χ2n) is 6.47. The van der Waals surface area contributed by atoms with Gasteiger partial charge in [-0.05, 0) is 62.2 Å². The van der Waals surface area contributed by atoms with Crippen LogP contribution in [0, 0.1) is 17.1 Å². The molecular formula is C22H22BrFN2O3. The Labute approximate surface area is 178 Å². The Morgan fingerprint density at radius 3 is 2.48 bits per heavy atom. The van der Waals surface area contributed by atoms with Crippen molar-refractivity contribution in [2.24, 2.45) is 0 Å². The summed E-state index contributed by atoms with van der Waals surface area (Å²) in [5.74, 6) is 0.220. The highest BCUT2D eigenvalue weighted by molar-refractivity contribution is 9.10. The molecule has 0 aromatic heterocycles. The highest BCUT2D eigenvalue weighted by Gasteiger charge is 2.14. The van der Waals surface area contributed by atoms with Crippen LogP contribution in [0.2, 0.25) is 0 Å². The van der Waals surface area contributed by atoms with E-state index in [1.54, 1.807) is 24.3 Å². The van der Waals surface area contributed by atoms with Gasteiger partial charge in [-0.15, -0.1) is 0 Å². The fraction of sp³-hybridized carbons (Fsp3) is 0.273. The van der Waals surface area contributed by atoms with Crippen molar-refractivity contribution < 1.29 is 18.7 Å². The van der Waals surface area contributed by atoms with Gasteiger partial charge in [0.2, 0.25) is 0 Å². The molecule has 0 heterocycles. The average molecular weight is 461 g/mol. The number of hydrogen-bond acceptors (Lipinski definition) is 4. The van der Waals surface area contributed by atoms with Crippen molar-refractivity contribution in [3.8, 4) is 17.6 Å². The Bertz CT molecular complexity index is 934. The van der Waals surface area contributed by atoms with Crippen molar-refractivity contribution in [1.82, 2.24) is 5.32 Å². The fourth-order valence-electron chi connectivity index (χ4n) is 2.43. The summed E-state index contributed by atoms with van der Waals surface area (Å²) in [6, 6.07) is 11.3. The number of hydrogen-bond donors (Lipinski definition) is 1. The highest BCUT2D eigenvalue weighted by Crippen LogP contribution is 2.35. The number of carbonyl (C=O) groups excluding carboxylic acids is 1. The van der Waals surface area contributed by atoms with Crippen molar-refractivity contribution in [1.29, 1.82) is 5.26 Å². The van der Waals surface area contributed by atoms with Crippen LogP contribution in [-0.2, 0) is 11.4 Å². The smallest absolute Gasteiger partial charge is 0.262 e. The van der Waals surface area contributed by atoms with E-state index in [0.717, 1.165) is 5.56 Å². The van der Waals surface area contributed by atoms with Gasteiger partial charge < -0.3 is 14.8 Å².